The maximum absolute atomic E-state index is 5.86. The van der Waals surface area contributed by atoms with Crippen molar-refractivity contribution in [2.75, 3.05) is 50.0 Å². The second-order valence-electron chi connectivity index (χ2n) is 5.58. The van der Waals surface area contributed by atoms with E-state index in [4.69, 9.17) is 10.5 Å². The molecular formula is C14H19N5OS. The standard InChI is InChI=1S/C14H19N5OS/c15-14-16-12(11-2-8-21-13(11)17-14)19-3-1-10(9-19)18-4-6-20-7-5-18/h2,8,10H,1,3-7,9H2,(H2,15,16,17). The Labute approximate surface area is 127 Å². The minimum atomic E-state index is 0.370. The molecule has 112 valence electrons. The fraction of sp³-hybridized carbons (Fsp3) is 0.571. The molecule has 0 bridgehead atoms. The van der Waals surface area contributed by atoms with Crippen LogP contribution in [0, 0.1) is 0 Å². The molecule has 7 heteroatoms. The predicted molar refractivity (Wildman–Crippen MR) is 84.8 cm³/mol. The van der Waals surface area contributed by atoms with Gasteiger partial charge in [-0.25, -0.2) is 4.98 Å². The van der Waals surface area contributed by atoms with E-state index in [0.717, 1.165) is 55.4 Å². The van der Waals surface area contributed by atoms with Crippen LogP contribution in [0.4, 0.5) is 11.8 Å². The minimum absolute atomic E-state index is 0.370. The molecule has 0 amide bonds. The van der Waals surface area contributed by atoms with E-state index in [-0.39, 0.29) is 0 Å². The number of hydrogen-bond acceptors (Lipinski definition) is 7. The molecule has 2 aliphatic rings. The highest BCUT2D eigenvalue weighted by Gasteiger charge is 2.30. The first-order chi connectivity index (χ1) is 10.3. The summed E-state index contributed by atoms with van der Waals surface area (Å²) in [5, 5.41) is 3.18. The van der Waals surface area contributed by atoms with E-state index in [1.54, 1.807) is 11.3 Å². The van der Waals surface area contributed by atoms with Crippen LogP contribution in [-0.2, 0) is 4.74 Å². The van der Waals surface area contributed by atoms with E-state index in [0.29, 0.717) is 12.0 Å². The lowest BCUT2D eigenvalue weighted by Gasteiger charge is -2.32. The summed E-state index contributed by atoms with van der Waals surface area (Å²) in [4.78, 5) is 14.7. The SMILES string of the molecule is Nc1nc(N2CCC(N3CCOCC3)C2)c2ccsc2n1. The van der Waals surface area contributed by atoms with Crippen LogP contribution < -0.4 is 10.6 Å². The van der Waals surface area contributed by atoms with Crippen molar-refractivity contribution < 1.29 is 4.74 Å². The summed E-state index contributed by atoms with van der Waals surface area (Å²) in [6, 6.07) is 2.69. The van der Waals surface area contributed by atoms with Gasteiger partial charge in [0.15, 0.2) is 0 Å². The Hall–Kier alpha value is -1.44. The first-order valence-electron chi connectivity index (χ1n) is 7.39. The molecule has 2 aromatic heterocycles. The second-order valence-corrected chi connectivity index (χ2v) is 6.48. The Morgan fingerprint density at radius 2 is 2.10 bits per heavy atom. The summed E-state index contributed by atoms with van der Waals surface area (Å²) < 4.78 is 5.44. The number of thiophene rings is 1. The molecule has 1 unspecified atom stereocenters. The average molecular weight is 305 g/mol. The largest absolute Gasteiger partial charge is 0.379 e. The van der Waals surface area contributed by atoms with Gasteiger partial charge >= 0.3 is 0 Å². The number of nitrogen functional groups attached to an aromatic ring is 1. The highest BCUT2D eigenvalue weighted by molar-refractivity contribution is 7.16. The molecule has 0 aliphatic carbocycles. The van der Waals surface area contributed by atoms with Crippen molar-refractivity contribution in [3.8, 4) is 0 Å². The molecule has 0 saturated carbocycles. The second kappa shape index (κ2) is 5.40. The smallest absolute Gasteiger partial charge is 0.223 e. The fourth-order valence-corrected chi connectivity index (χ4v) is 4.04. The third kappa shape index (κ3) is 2.45. The van der Waals surface area contributed by atoms with Crippen molar-refractivity contribution in [3.05, 3.63) is 11.4 Å². The monoisotopic (exact) mass is 305 g/mol. The van der Waals surface area contributed by atoms with Gasteiger partial charge in [0.1, 0.15) is 10.6 Å². The Kier molecular flexibility index (Phi) is 3.40. The van der Waals surface area contributed by atoms with Crippen molar-refractivity contribution in [2.45, 2.75) is 12.5 Å². The number of hydrogen-bond donors (Lipinski definition) is 1. The molecular weight excluding hydrogens is 286 g/mol. The van der Waals surface area contributed by atoms with Gasteiger partial charge in [-0.15, -0.1) is 11.3 Å². The molecule has 2 saturated heterocycles. The van der Waals surface area contributed by atoms with E-state index in [2.05, 4.69) is 31.2 Å². The van der Waals surface area contributed by atoms with Gasteiger partial charge in [0, 0.05) is 32.2 Å². The van der Waals surface area contributed by atoms with Crippen LogP contribution in [0.2, 0.25) is 0 Å². The Bertz CT molecular complexity index is 639. The number of nitrogens with two attached hydrogens (primary N) is 1. The highest BCUT2D eigenvalue weighted by atomic mass is 32.1. The zero-order valence-corrected chi connectivity index (χ0v) is 12.7. The van der Waals surface area contributed by atoms with Crippen LogP contribution in [0.1, 0.15) is 6.42 Å². The van der Waals surface area contributed by atoms with Crippen LogP contribution in [0.15, 0.2) is 11.4 Å². The third-order valence-electron chi connectivity index (χ3n) is 4.35. The van der Waals surface area contributed by atoms with Crippen molar-refractivity contribution in [3.63, 3.8) is 0 Å². The van der Waals surface area contributed by atoms with Crippen LogP contribution in [-0.4, -0.2) is 60.3 Å². The van der Waals surface area contributed by atoms with E-state index >= 15 is 0 Å². The maximum atomic E-state index is 5.86. The van der Waals surface area contributed by atoms with Gasteiger partial charge < -0.3 is 15.4 Å². The minimum Gasteiger partial charge on any atom is -0.379 e. The van der Waals surface area contributed by atoms with Gasteiger partial charge in [-0.3, -0.25) is 4.90 Å². The molecule has 4 rings (SSSR count). The first-order valence-corrected chi connectivity index (χ1v) is 8.27. The summed E-state index contributed by atoms with van der Waals surface area (Å²) in [5.74, 6) is 1.37. The number of aromatic nitrogens is 2. The molecule has 6 nitrogen and oxygen atoms in total. The van der Waals surface area contributed by atoms with Crippen LogP contribution in [0.5, 0.6) is 0 Å². The lowest BCUT2D eigenvalue weighted by atomic mass is 10.2. The number of anilines is 2. The van der Waals surface area contributed by atoms with Crippen LogP contribution in [0.3, 0.4) is 0 Å². The Morgan fingerprint density at radius 3 is 2.95 bits per heavy atom. The Morgan fingerprint density at radius 1 is 1.24 bits per heavy atom. The van der Waals surface area contributed by atoms with E-state index in [1.165, 1.54) is 6.42 Å². The molecule has 2 aromatic rings. The number of fused-ring (bicyclic) bond motifs is 1. The summed E-state index contributed by atoms with van der Waals surface area (Å²) in [5.41, 5.74) is 5.86. The van der Waals surface area contributed by atoms with Crippen LogP contribution >= 0.6 is 11.3 Å². The zero-order valence-electron chi connectivity index (χ0n) is 11.9. The van der Waals surface area contributed by atoms with Crippen LogP contribution in [0.25, 0.3) is 10.2 Å². The van der Waals surface area contributed by atoms with E-state index < -0.39 is 0 Å². The van der Waals surface area contributed by atoms with Crippen molar-refractivity contribution in [2.24, 2.45) is 0 Å². The summed E-state index contributed by atoms with van der Waals surface area (Å²) >= 11 is 1.62. The summed E-state index contributed by atoms with van der Waals surface area (Å²) in [6.45, 7) is 5.83. The zero-order chi connectivity index (χ0) is 14.2. The van der Waals surface area contributed by atoms with E-state index in [9.17, 15) is 0 Å². The van der Waals surface area contributed by atoms with Gasteiger partial charge in [-0.05, 0) is 17.9 Å². The average Bonchev–Trinajstić information content (AvgIpc) is 3.16. The number of rotatable bonds is 2. The molecule has 21 heavy (non-hydrogen) atoms. The van der Waals surface area contributed by atoms with Gasteiger partial charge in [0.2, 0.25) is 5.95 Å². The predicted octanol–water partition coefficient (Wildman–Crippen LogP) is 1.18. The number of morpholine rings is 1. The fourth-order valence-electron chi connectivity index (χ4n) is 3.27. The summed E-state index contributed by atoms with van der Waals surface area (Å²) in [6.07, 6.45) is 1.18. The van der Waals surface area contributed by atoms with Crippen molar-refractivity contribution in [1.82, 2.24) is 14.9 Å². The first kappa shape index (κ1) is 13.2. The number of nitrogens with zero attached hydrogens (tertiary/aromatic N) is 4. The molecule has 2 N–H and O–H groups in total. The highest BCUT2D eigenvalue weighted by Crippen LogP contribution is 2.31. The van der Waals surface area contributed by atoms with Gasteiger partial charge in [-0.2, -0.15) is 4.98 Å². The molecule has 1 atom stereocenters. The normalized spacial score (nSPS) is 24.0. The van der Waals surface area contributed by atoms with E-state index in [1.807, 2.05) is 0 Å². The molecule has 0 radical (unpaired) electrons. The molecule has 4 heterocycles. The molecule has 0 spiro atoms. The number of ether oxygens (including phenoxy) is 1. The van der Waals surface area contributed by atoms with Gasteiger partial charge in [0.05, 0.1) is 18.6 Å². The molecule has 0 aromatic carbocycles. The Balaban J connectivity index is 1.57. The van der Waals surface area contributed by atoms with Crippen molar-refractivity contribution in [1.29, 1.82) is 0 Å². The lowest BCUT2D eigenvalue weighted by Crippen LogP contribution is -2.44. The molecule has 2 fully saturated rings. The van der Waals surface area contributed by atoms with Gasteiger partial charge in [-0.1, -0.05) is 0 Å². The van der Waals surface area contributed by atoms with Crippen molar-refractivity contribution >= 4 is 33.3 Å². The maximum Gasteiger partial charge on any atom is 0.223 e. The molecule has 2 aliphatic heterocycles. The topological polar surface area (TPSA) is 67.5 Å². The quantitative estimate of drug-likeness (QED) is 0.899. The summed E-state index contributed by atoms with van der Waals surface area (Å²) in [7, 11) is 0. The third-order valence-corrected chi connectivity index (χ3v) is 5.15. The lowest BCUT2D eigenvalue weighted by molar-refractivity contribution is 0.0209. The van der Waals surface area contributed by atoms with Gasteiger partial charge in [0.25, 0.3) is 0 Å².